The van der Waals surface area contributed by atoms with Crippen molar-refractivity contribution in [1.82, 2.24) is 4.98 Å². The minimum atomic E-state index is -0.323. The standard InChI is InChI=1S/C15H9FN4S/c16-10-5-7-11(8-6-10)19-20-13(9-17)15-18-12-3-1-2-4-14(12)21-15/h1-8,19H/b20-13+. The van der Waals surface area contributed by atoms with Crippen LogP contribution in [0.1, 0.15) is 5.01 Å². The molecule has 102 valence electrons. The zero-order valence-corrected chi connectivity index (χ0v) is 11.6. The second-order valence-corrected chi connectivity index (χ2v) is 5.21. The average molecular weight is 296 g/mol. The highest BCUT2D eigenvalue weighted by Crippen LogP contribution is 2.22. The lowest BCUT2D eigenvalue weighted by atomic mass is 10.3. The Morgan fingerprint density at radius 2 is 1.95 bits per heavy atom. The Morgan fingerprint density at radius 1 is 1.19 bits per heavy atom. The van der Waals surface area contributed by atoms with E-state index in [1.54, 1.807) is 12.1 Å². The molecule has 0 bridgehead atoms. The fourth-order valence-corrected chi connectivity index (χ4v) is 2.64. The molecule has 0 radical (unpaired) electrons. The van der Waals surface area contributed by atoms with Gasteiger partial charge in [-0.15, -0.1) is 11.3 Å². The Labute approximate surface area is 124 Å². The summed E-state index contributed by atoms with van der Waals surface area (Å²) in [6.45, 7) is 0. The molecule has 0 aliphatic heterocycles. The number of hydrogen-bond acceptors (Lipinski definition) is 5. The van der Waals surface area contributed by atoms with Crippen LogP contribution in [0.2, 0.25) is 0 Å². The van der Waals surface area contributed by atoms with E-state index in [0.29, 0.717) is 10.7 Å². The monoisotopic (exact) mass is 296 g/mol. The van der Waals surface area contributed by atoms with Gasteiger partial charge in [-0.25, -0.2) is 9.37 Å². The van der Waals surface area contributed by atoms with Crippen molar-refractivity contribution < 1.29 is 4.39 Å². The van der Waals surface area contributed by atoms with Gasteiger partial charge < -0.3 is 0 Å². The molecule has 1 aromatic heterocycles. The maximum absolute atomic E-state index is 12.8. The molecular formula is C15H9FN4S. The van der Waals surface area contributed by atoms with Crippen LogP contribution in [0.25, 0.3) is 10.2 Å². The molecule has 0 aliphatic rings. The molecule has 4 nitrogen and oxygen atoms in total. The number of fused-ring (bicyclic) bond motifs is 1. The number of rotatable bonds is 3. The Hall–Kier alpha value is -2.78. The molecule has 6 heteroatoms. The molecule has 0 amide bonds. The van der Waals surface area contributed by atoms with E-state index in [4.69, 9.17) is 0 Å². The molecule has 0 spiro atoms. The molecule has 0 unspecified atom stereocenters. The summed E-state index contributed by atoms with van der Waals surface area (Å²) >= 11 is 1.40. The third kappa shape index (κ3) is 2.88. The number of nitrogens with zero attached hydrogens (tertiary/aromatic N) is 3. The van der Waals surface area contributed by atoms with Gasteiger partial charge in [0.15, 0.2) is 10.7 Å². The number of hydrogen-bond donors (Lipinski definition) is 1. The van der Waals surface area contributed by atoms with E-state index in [0.717, 1.165) is 10.2 Å². The van der Waals surface area contributed by atoms with Gasteiger partial charge in [-0.1, -0.05) is 12.1 Å². The van der Waals surface area contributed by atoms with Gasteiger partial charge in [-0.05, 0) is 36.4 Å². The predicted molar refractivity (Wildman–Crippen MR) is 81.8 cm³/mol. The van der Waals surface area contributed by atoms with Crippen LogP contribution >= 0.6 is 11.3 Å². The SMILES string of the molecule is N#C/C(=N\Nc1ccc(F)cc1)c1nc2ccccc2s1. The van der Waals surface area contributed by atoms with Crippen molar-refractivity contribution in [3.63, 3.8) is 0 Å². The Bertz CT molecular complexity index is 813. The fourth-order valence-electron chi connectivity index (χ4n) is 1.74. The first-order valence-corrected chi connectivity index (χ1v) is 6.93. The largest absolute Gasteiger partial charge is 0.277 e. The summed E-state index contributed by atoms with van der Waals surface area (Å²) in [4.78, 5) is 4.38. The van der Waals surface area contributed by atoms with Gasteiger partial charge in [0.05, 0.1) is 15.9 Å². The highest BCUT2D eigenvalue weighted by molar-refractivity contribution is 7.20. The summed E-state index contributed by atoms with van der Waals surface area (Å²) in [5, 5.41) is 13.8. The maximum atomic E-state index is 12.8. The minimum Gasteiger partial charge on any atom is -0.277 e. The van der Waals surface area contributed by atoms with Crippen LogP contribution in [-0.2, 0) is 0 Å². The number of nitrogens with one attached hydrogen (secondary N) is 1. The number of benzene rings is 2. The van der Waals surface area contributed by atoms with Crippen molar-refractivity contribution in [1.29, 1.82) is 5.26 Å². The zero-order valence-electron chi connectivity index (χ0n) is 10.7. The first-order chi connectivity index (χ1) is 10.3. The molecular weight excluding hydrogens is 287 g/mol. The van der Waals surface area contributed by atoms with Gasteiger partial charge in [0.2, 0.25) is 0 Å². The summed E-state index contributed by atoms with van der Waals surface area (Å²) in [6, 6.07) is 15.4. The fraction of sp³-hybridized carbons (Fsp3) is 0. The van der Waals surface area contributed by atoms with Crippen LogP contribution in [0.15, 0.2) is 53.6 Å². The normalized spacial score (nSPS) is 11.3. The third-order valence-corrected chi connectivity index (χ3v) is 3.79. The van der Waals surface area contributed by atoms with Crippen molar-refractivity contribution in [3.05, 3.63) is 59.4 Å². The maximum Gasteiger partial charge on any atom is 0.196 e. The molecule has 0 saturated heterocycles. The quantitative estimate of drug-likeness (QED) is 0.591. The number of para-hydroxylation sites is 1. The second-order valence-electron chi connectivity index (χ2n) is 4.18. The molecule has 1 heterocycles. The van der Waals surface area contributed by atoms with Crippen molar-refractivity contribution in [3.8, 4) is 6.07 Å². The molecule has 0 aliphatic carbocycles. The van der Waals surface area contributed by atoms with Gasteiger partial charge in [0, 0.05) is 0 Å². The summed E-state index contributed by atoms with van der Waals surface area (Å²) in [7, 11) is 0. The Balaban J connectivity index is 1.89. The number of nitriles is 1. The highest BCUT2D eigenvalue weighted by Gasteiger charge is 2.09. The lowest BCUT2D eigenvalue weighted by molar-refractivity contribution is 0.628. The van der Waals surface area contributed by atoms with Gasteiger partial charge in [0.25, 0.3) is 0 Å². The molecule has 0 fully saturated rings. The molecule has 3 rings (SSSR count). The predicted octanol–water partition coefficient (Wildman–Crippen LogP) is 3.78. The van der Waals surface area contributed by atoms with Gasteiger partial charge >= 0.3 is 0 Å². The summed E-state index contributed by atoms with van der Waals surface area (Å²) in [5.74, 6) is -0.323. The molecule has 21 heavy (non-hydrogen) atoms. The summed E-state index contributed by atoms with van der Waals surface area (Å²) in [6.07, 6.45) is 0. The van der Waals surface area contributed by atoms with Crippen molar-refractivity contribution in [2.24, 2.45) is 5.10 Å². The first kappa shape index (κ1) is 13.2. The van der Waals surface area contributed by atoms with Crippen LogP contribution in [0.4, 0.5) is 10.1 Å². The third-order valence-electron chi connectivity index (χ3n) is 2.74. The Morgan fingerprint density at radius 3 is 2.67 bits per heavy atom. The molecule has 2 aromatic carbocycles. The van der Waals surface area contributed by atoms with E-state index in [9.17, 15) is 9.65 Å². The topological polar surface area (TPSA) is 61.1 Å². The number of thiazole rings is 1. The van der Waals surface area contributed by atoms with Crippen molar-refractivity contribution in [2.45, 2.75) is 0 Å². The van der Waals surface area contributed by atoms with E-state index in [2.05, 4.69) is 15.5 Å². The van der Waals surface area contributed by atoms with Crippen LogP contribution < -0.4 is 5.43 Å². The lowest BCUT2D eigenvalue weighted by Gasteiger charge is -1.99. The van der Waals surface area contributed by atoms with Crippen LogP contribution in [0, 0.1) is 17.1 Å². The molecule has 3 aromatic rings. The smallest absolute Gasteiger partial charge is 0.196 e. The minimum absolute atomic E-state index is 0.195. The molecule has 0 atom stereocenters. The van der Waals surface area contributed by atoms with E-state index in [-0.39, 0.29) is 11.5 Å². The van der Waals surface area contributed by atoms with E-state index >= 15 is 0 Å². The van der Waals surface area contributed by atoms with E-state index < -0.39 is 0 Å². The van der Waals surface area contributed by atoms with E-state index in [1.165, 1.54) is 23.5 Å². The second kappa shape index (κ2) is 5.69. The van der Waals surface area contributed by atoms with Gasteiger partial charge in [-0.3, -0.25) is 5.43 Å². The molecule has 0 saturated carbocycles. The van der Waals surface area contributed by atoms with Gasteiger partial charge in [-0.2, -0.15) is 10.4 Å². The number of aromatic nitrogens is 1. The van der Waals surface area contributed by atoms with E-state index in [1.807, 2.05) is 30.3 Å². The number of halogens is 1. The summed E-state index contributed by atoms with van der Waals surface area (Å²) in [5.41, 5.74) is 4.36. The van der Waals surface area contributed by atoms with Crippen LogP contribution in [-0.4, -0.2) is 10.7 Å². The van der Waals surface area contributed by atoms with Crippen molar-refractivity contribution in [2.75, 3.05) is 5.43 Å². The van der Waals surface area contributed by atoms with Crippen molar-refractivity contribution >= 4 is 33.0 Å². The van der Waals surface area contributed by atoms with Crippen LogP contribution in [0.3, 0.4) is 0 Å². The zero-order chi connectivity index (χ0) is 14.7. The summed E-state index contributed by atoms with van der Waals surface area (Å²) < 4.78 is 13.8. The Kier molecular flexibility index (Phi) is 3.58. The number of anilines is 1. The first-order valence-electron chi connectivity index (χ1n) is 6.11. The van der Waals surface area contributed by atoms with Gasteiger partial charge in [0.1, 0.15) is 11.9 Å². The lowest BCUT2D eigenvalue weighted by Crippen LogP contribution is -2.01. The highest BCUT2D eigenvalue weighted by atomic mass is 32.1. The molecule has 1 N–H and O–H groups in total. The van der Waals surface area contributed by atoms with Crippen LogP contribution in [0.5, 0.6) is 0 Å². The number of hydrazone groups is 1. The average Bonchev–Trinajstić information content (AvgIpc) is 2.93.